The summed E-state index contributed by atoms with van der Waals surface area (Å²) in [4.78, 5) is 18.4. The standard InChI is InChI=1S/C27H17ClN4OS/c28-19-11-5-4-10-17(19)22-23-26(22,15-30)25(33)32-27(23,16-8-2-1-3-9-16)18(14-29)24-31-20-12-6-7-13-21(20)34-24/h1-13,18,22-23H,(H,32,33)/t18?,22-,23-,26?,27?/m1/s1. The molecule has 2 fully saturated rings. The summed E-state index contributed by atoms with van der Waals surface area (Å²) >= 11 is 7.99. The number of thiazole rings is 1. The lowest BCUT2D eigenvalue weighted by Crippen LogP contribution is -2.48. The van der Waals surface area contributed by atoms with E-state index in [2.05, 4.69) is 17.5 Å². The van der Waals surface area contributed by atoms with Crippen molar-refractivity contribution in [3.05, 3.63) is 100 Å². The third kappa shape index (κ3) is 2.58. The number of piperidine rings is 1. The number of hydrogen-bond acceptors (Lipinski definition) is 5. The fourth-order valence-electron chi connectivity index (χ4n) is 5.75. The number of hydrogen-bond donors (Lipinski definition) is 1. The molecule has 1 aromatic heterocycles. The van der Waals surface area contributed by atoms with Crippen LogP contribution >= 0.6 is 22.9 Å². The molecule has 34 heavy (non-hydrogen) atoms. The van der Waals surface area contributed by atoms with Gasteiger partial charge in [0.15, 0.2) is 0 Å². The Balaban J connectivity index is 1.60. The van der Waals surface area contributed by atoms with E-state index in [9.17, 15) is 15.3 Å². The zero-order valence-electron chi connectivity index (χ0n) is 17.8. The van der Waals surface area contributed by atoms with Crippen molar-refractivity contribution in [2.45, 2.75) is 17.4 Å². The van der Waals surface area contributed by atoms with Gasteiger partial charge in [0, 0.05) is 16.9 Å². The Morgan fingerprint density at radius 3 is 2.41 bits per heavy atom. The first-order valence-electron chi connectivity index (χ1n) is 10.9. The fraction of sp³-hybridized carbons (Fsp3) is 0.185. The zero-order chi connectivity index (χ0) is 23.5. The van der Waals surface area contributed by atoms with Crippen molar-refractivity contribution in [3.8, 4) is 12.1 Å². The van der Waals surface area contributed by atoms with E-state index in [0.717, 1.165) is 21.3 Å². The average molecular weight is 481 g/mol. The lowest BCUT2D eigenvalue weighted by atomic mass is 9.74. The van der Waals surface area contributed by atoms with Gasteiger partial charge in [-0.2, -0.15) is 10.5 Å². The van der Waals surface area contributed by atoms with E-state index in [4.69, 9.17) is 16.6 Å². The van der Waals surface area contributed by atoms with Crippen molar-refractivity contribution in [2.75, 3.05) is 0 Å². The van der Waals surface area contributed by atoms with E-state index in [1.165, 1.54) is 11.3 Å². The molecule has 5 atom stereocenters. The van der Waals surface area contributed by atoms with Gasteiger partial charge in [0.2, 0.25) is 5.91 Å². The highest BCUT2D eigenvalue weighted by molar-refractivity contribution is 7.18. The van der Waals surface area contributed by atoms with Crippen LogP contribution in [0.2, 0.25) is 5.02 Å². The van der Waals surface area contributed by atoms with E-state index in [0.29, 0.717) is 10.0 Å². The molecule has 2 heterocycles. The van der Waals surface area contributed by atoms with Gasteiger partial charge < -0.3 is 5.32 Å². The molecule has 1 aliphatic carbocycles. The van der Waals surface area contributed by atoms with Gasteiger partial charge in [-0.05, 0) is 29.3 Å². The first kappa shape index (κ1) is 20.9. The molecule has 0 spiro atoms. The van der Waals surface area contributed by atoms with Crippen LogP contribution in [0, 0.1) is 34.0 Å². The number of nitriles is 2. The number of fused-ring (bicyclic) bond motifs is 2. The van der Waals surface area contributed by atoms with Crippen LogP contribution in [0.15, 0.2) is 78.9 Å². The SMILES string of the molecule is N#CC(c1nc2ccccc2s1)C1(c2ccccc2)NC(=O)C2(C#N)[C@H](c3ccccc3Cl)[C@@H]12. The molecule has 1 N–H and O–H groups in total. The molecule has 1 amide bonds. The van der Waals surface area contributed by atoms with Gasteiger partial charge >= 0.3 is 0 Å². The van der Waals surface area contributed by atoms with Crippen LogP contribution in [0.3, 0.4) is 0 Å². The van der Waals surface area contributed by atoms with Gasteiger partial charge in [0.1, 0.15) is 16.3 Å². The maximum absolute atomic E-state index is 13.6. The summed E-state index contributed by atoms with van der Waals surface area (Å²) in [6.45, 7) is 0. The summed E-state index contributed by atoms with van der Waals surface area (Å²) < 4.78 is 0.968. The highest BCUT2D eigenvalue weighted by Crippen LogP contribution is 2.76. The molecule has 0 bridgehead atoms. The van der Waals surface area contributed by atoms with Gasteiger partial charge in [-0.15, -0.1) is 11.3 Å². The Hall–Kier alpha value is -3.71. The number of carbonyl (C=O) groups excluding carboxylic acids is 1. The predicted octanol–water partition coefficient (Wildman–Crippen LogP) is 5.51. The van der Waals surface area contributed by atoms with Gasteiger partial charge in [-0.1, -0.05) is 72.3 Å². The Morgan fingerprint density at radius 1 is 1.00 bits per heavy atom. The van der Waals surface area contributed by atoms with E-state index in [1.54, 1.807) is 6.07 Å². The van der Waals surface area contributed by atoms with E-state index in [1.807, 2.05) is 72.8 Å². The maximum Gasteiger partial charge on any atom is 0.242 e. The van der Waals surface area contributed by atoms with Crippen molar-refractivity contribution >= 4 is 39.1 Å². The largest absolute Gasteiger partial charge is 0.343 e. The molecule has 3 aromatic carbocycles. The highest BCUT2D eigenvalue weighted by atomic mass is 35.5. The molecule has 1 aliphatic heterocycles. The third-order valence-corrected chi connectivity index (χ3v) is 8.66. The topological polar surface area (TPSA) is 89.6 Å². The molecule has 1 saturated heterocycles. The molecule has 3 unspecified atom stereocenters. The van der Waals surface area contributed by atoms with Crippen molar-refractivity contribution in [3.63, 3.8) is 0 Å². The third-order valence-electron chi connectivity index (χ3n) is 7.21. The van der Waals surface area contributed by atoms with Gasteiger partial charge in [-0.25, -0.2) is 4.98 Å². The number of amides is 1. The highest BCUT2D eigenvalue weighted by Gasteiger charge is 2.84. The summed E-state index contributed by atoms with van der Waals surface area (Å²) in [5.41, 5.74) is -0.0781. The second kappa shape index (κ2) is 7.40. The first-order chi connectivity index (χ1) is 16.6. The molecular formula is C27H17ClN4OS. The smallest absolute Gasteiger partial charge is 0.242 e. The molecule has 5 nitrogen and oxygen atoms in total. The Bertz CT molecular complexity index is 1500. The van der Waals surface area contributed by atoms with Crippen LogP contribution in [0.5, 0.6) is 0 Å². The minimum Gasteiger partial charge on any atom is -0.343 e. The minimum atomic E-state index is -1.30. The zero-order valence-corrected chi connectivity index (χ0v) is 19.3. The molecular weight excluding hydrogens is 464 g/mol. The van der Waals surface area contributed by atoms with Gasteiger partial charge in [-0.3, -0.25) is 4.79 Å². The monoisotopic (exact) mass is 480 g/mol. The summed E-state index contributed by atoms with van der Waals surface area (Å²) in [5.74, 6) is -2.05. The molecule has 6 rings (SSSR count). The molecule has 4 aromatic rings. The molecule has 164 valence electrons. The Morgan fingerprint density at radius 2 is 1.71 bits per heavy atom. The lowest BCUT2D eigenvalue weighted by Gasteiger charge is -2.36. The van der Waals surface area contributed by atoms with Crippen LogP contribution in [0.25, 0.3) is 10.2 Å². The molecule has 0 radical (unpaired) electrons. The quantitative estimate of drug-likeness (QED) is 0.417. The van der Waals surface area contributed by atoms with E-state index in [-0.39, 0.29) is 5.91 Å². The van der Waals surface area contributed by atoms with E-state index >= 15 is 0 Å². The van der Waals surface area contributed by atoms with Crippen molar-refractivity contribution in [1.82, 2.24) is 10.3 Å². The minimum absolute atomic E-state index is 0.366. The number of rotatable bonds is 4. The summed E-state index contributed by atoms with van der Waals surface area (Å²) in [6, 6.07) is 29.3. The van der Waals surface area contributed by atoms with Crippen LogP contribution in [0.4, 0.5) is 0 Å². The van der Waals surface area contributed by atoms with Crippen LogP contribution < -0.4 is 5.32 Å². The Kier molecular flexibility index (Phi) is 4.54. The molecule has 2 aliphatic rings. The second-order valence-electron chi connectivity index (χ2n) is 8.73. The molecule has 1 saturated carbocycles. The summed E-state index contributed by atoms with van der Waals surface area (Å²) in [6.07, 6.45) is 0. The normalized spacial score (nSPS) is 27.9. The number of para-hydroxylation sites is 1. The maximum atomic E-state index is 13.6. The lowest BCUT2D eigenvalue weighted by molar-refractivity contribution is -0.124. The van der Waals surface area contributed by atoms with Gasteiger partial charge in [0.05, 0.1) is 27.9 Å². The number of nitrogens with zero attached hydrogens (tertiary/aromatic N) is 3. The van der Waals surface area contributed by atoms with Crippen LogP contribution in [0.1, 0.15) is 28.0 Å². The van der Waals surface area contributed by atoms with Crippen molar-refractivity contribution in [1.29, 1.82) is 10.5 Å². The number of halogens is 1. The number of nitrogens with one attached hydrogen (secondary N) is 1. The van der Waals surface area contributed by atoms with Crippen LogP contribution in [-0.4, -0.2) is 10.9 Å². The predicted molar refractivity (Wildman–Crippen MR) is 130 cm³/mol. The second-order valence-corrected chi connectivity index (χ2v) is 10.2. The summed E-state index contributed by atoms with van der Waals surface area (Å²) in [7, 11) is 0. The van der Waals surface area contributed by atoms with Crippen molar-refractivity contribution < 1.29 is 4.79 Å². The average Bonchev–Trinajstić information content (AvgIpc) is 3.24. The number of benzene rings is 3. The van der Waals surface area contributed by atoms with Crippen LogP contribution in [-0.2, 0) is 10.3 Å². The Labute approximate surface area is 205 Å². The van der Waals surface area contributed by atoms with Crippen molar-refractivity contribution in [2.24, 2.45) is 11.3 Å². The van der Waals surface area contributed by atoms with E-state index < -0.39 is 28.7 Å². The number of carbonyl (C=O) groups is 1. The summed E-state index contributed by atoms with van der Waals surface area (Å²) in [5, 5.41) is 25.1. The molecule has 7 heteroatoms. The van der Waals surface area contributed by atoms with Gasteiger partial charge in [0.25, 0.3) is 0 Å². The fourth-order valence-corrected chi connectivity index (χ4v) is 7.10. The number of aromatic nitrogens is 1. The first-order valence-corrected chi connectivity index (χ1v) is 12.1.